The third-order valence-corrected chi connectivity index (χ3v) is 6.72. The van der Waals surface area contributed by atoms with Crippen LogP contribution in [0.3, 0.4) is 0 Å². The lowest BCUT2D eigenvalue weighted by Gasteiger charge is -2.24. The van der Waals surface area contributed by atoms with E-state index in [1.165, 1.54) is 59.8 Å². The highest BCUT2D eigenvalue weighted by atomic mass is 16.4. The summed E-state index contributed by atoms with van der Waals surface area (Å²) in [4.78, 5) is 11.9. The van der Waals surface area contributed by atoms with Crippen molar-refractivity contribution in [1.29, 1.82) is 0 Å². The molecule has 1 aliphatic carbocycles. The molecule has 2 heterocycles. The standard InChI is InChI=1S/C25H27NO2/c27-25(28)20-14-15-21-22(17-9-3-1-4-10-17)23(18-11-5-2-6-12-18)26-16-8-7-13-19(20)24(21)26/h2,5-6,11-12,14-15,17H,1,3-4,7-10,13,16H2,(H,27,28). The van der Waals surface area contributed by atoms with Crippen LogP contribution in [0.5, 0.6) is 0 Å². The van der Waals surface area contributed by atoms with Gasteiger partial charge in [-0.25, -0.2) is 4.79 Å². The molecule has 0 bridgehead atoms. The molecule has 0 radical (unpaired) electrons. The monoisotopic (exact) mass is 373 g/mol. The first kappa shape index (κ1) is 17.5. The molecule has 0 spiro atoms. The van der Waals surface area contributed by atoms with Gasteiger partial charge in [-0.15, -0.1) is 0 Å². The third-order valence-electron chi connectivity index (χ3n) is 6.72. The predicted molar refractivity (Wildman–Crippen MR) is 113 cm³/mol. The number of rotatable bonds is 3. The lowest BCUT2D eigenvalue weighted by atomic mass is 9.81. The van der Waals surface area contributed by atoms with E-state index < -0.39 is 5.97 Å². The number of nitrogens with zero attached hydrogens (tertiary/aromatic N) is 1. The molecule has 5 rings (SSSR count). The number of carbonyl (C=O) groups is 1. The van der Waals surface area contributed by atoms with Gasteiger partial charge in [-0.3, -0.25) is 0 Å². The molecule has 1 N–H and O–H groups in total. The van der Waals surface area contributed by atoms with E-state index in [4.69, 9.17) is 0 Å². The topological polar surface area (TPSA) is 42.2 Å². The Morgan fingerprint density at radius 2 is 1.71 bits per heavy atom. The lowest BCUT2D eigenvalue weighted by molar-refractivity contribution is 0.0696. The number of aromatic nitrogens is 1. The minimum Gasteiger partial charge on any atom is -0.478 e. The maximum absolute atomic E-state index is 11.9. The Morgan fingerprint density at radius 3 is 2.46 bits per heavy atom. The van der Waals surface area contributed by atoms with Crippen molar-refractivity contribution in [2.24, 2.45) is 0 Å². The molecule has 2 aromatic carbocycles. The minimum absolute atomic E-state index is 0.489. The molecule has 1 aliphatic heterocycles. The average Bonchev–Trinajstić information content (AvgIpc) is 2.90. The van der Waals surface area contributed by atoms with E-state index in [9.17, 15) is 9.90 Å². The van der Waals surface area contributed by atoms with E-state index in [0.717, 1.165) is 31.4 Å². The molecule has 3 nitrogen and oxygen atoms in total. The van der Waals surface area contributed by atoms with E-state index >= 15 is 0 Å². The first-order valence-electron chi connectivity index (χ1n) is 10.7. The molecule has 0 unspecified atom stereocenters. The fourth-order valence-corrected chi connectivity index (χ4v) is 5.51. The maximum atomic E-state index is 11.9. The van der Waals surface area contributed by atoms with Crippen molar-refractivity contribution in [2.45, 2.75) is 63.8 Å². The van der Waals surface area contributed by atoms with Crippen molar-refractivity contribution >= 4 is 16.9 Å². The number of carboxylic acid groups (broad SMARTS) is 1. The molecule has 0 saturated heterocycles. The van der Waals surface area contributed by atoms with Crippen LogP contribution in [0.1, 0.15) is 72.3 Å². The molecule has 1 saturated carbocycles. The van der Waals surface area contributed by atoms with Crippen molar-refractivity contribution in [2.75, 3.05) is 0 Å². The highest BCUT2D eigenvalue weighted by Crippen LogP contribution is 2.46. The highest BCUT2D eigenvalue weighted by molar-refractivity contribution is 6.01. The Hall–Kier alpha value is -2.55. The Balaban J connectivity index is 1.87. The lowest BCUT2D eigenvalue weighted by Crippen LogP contribution is -2.07. The van der Waals surface area contributed by atoms with Gasteiger partial charge in [0, 0.05) is 11.9 Å². The molecule has 0 amide bonds. The first-order chi connectivity index (χ1) is 13.8. The fourth-order valence-electron chi connectivity index (χ4n) is 5.51. The van der Waals surface area contributed by atoms with Crippen LogP contribution in [-0.2, 0) is 13.0 Å². The summed E-state index contributed by atoms with van der Waals surface area (Å²) in [6.45, 7) is 0.976. The first-order valence-corrected chi connectivity index (χ1v) is 10.7. The number of aromatic carboxylic acids is 1. The van der Waals surface area contributed by atoms with Crippen LogP contribution < -0.4 is 0 Å². The van der Waals surface area contributed by atoms with Crippen LogP contribution in [0, 0.1) is 0 Å². The molecule has 3 heteroatoms. The summed E-state index contributed by atoms with van der Waals surface area (Å²) in [5, 5.41) is 11.1. The van der Waals surface area contributed by atoms with Gasteiger partial charge in [-0.2, -0.15) is 0 Å². The molecular formula is C25H27NO2. The molecule has 1 fully saturated rings. The number of hydrogen-bond donors (Lipinski definition) is 1. The Morgan fingerprint density at radius 1 is 0.929 bits per heavy atom. The van der Waals surface area contributed by atoms with E-state index in [2.05, 4.69) is 41.0 Å². The van der Waals surface area contributed by atoms with Crippen molar-refractivity contribution < 1.29 is 9.90 Å². The second-order valence-electron chi connectivity index (χ2n) is 8.36. The average molecular weight is 373 g/mol. The highest BCUT2D eigenvalue weighted by Gasteiger charge is 2.29. The molecule has 2 aliphatic rings. The van der Waals surface area contributed by atoms with Crippen LogP contribution in [0.2, 0.25) is 0 Å². The zero-order chi connectivity index (χ0) is 19.1. The van der Waals surface area contributed by atoms with E-state index in [0.29, 0.717) is 11.5 Å². The van der Waals surface area contributed by atoms with Crippen molar-refractivity contribution in [3.63, 3.8) is 0 Å². The van der Waals surface area contributed by atoms with E-state index in [1.54, 1.807) is 0 Å². The SMILES string of the molecule is O=C(O)c1ccc2c(C3CCCCC3)c(-c3ccccc3)n3c2c1CCCC3. The van der Waals surface area contributed by atoms with Gasteiger partial charge >= 0.3 is 5.97 Å². The van der Waals surface area contributed by atoms with E-state index in [1.807, 2.05) is 6.07 Å². The summed E-state index contributed by atoms with van der Waals surface area (Å²) in [5.74, 6) is -0.220. The van der Waals surface area contributed by atoms with Crippen molar-refractivity contribution in [3.05, 3.63) is 59.2 Å². The van der Waals surface area contributed by atoms with Gasteiger partial charge in [-0.05, 0) is 60.8 Å². The molecule has 3 aromatic rings. The second kappa shape index (κ2) is 7.12. The Labute approximate surface area is 166 Å². The Kier molecular flexibility index (Phi) is 4.46. The van der Waals surface area contributed by atoms with Crippen LogP contribution in [0.4, 0.5) is 0 Å². The van der Waals surface area contributed by atoms with Gasteiger partial charge in [0.25, 0.3) is 0 Å². The summed E-state index contributed by atoms with van der Waals surface area (Å²) in [7, 11) is 0. The predicted octanol–water partition coefficient (Wildman–Crippen LogP) is 6.39. The van der Waals surface area contributed by atoms with Crippen molar-refractivity contribution in [3.8, 4) is 11.3 Å². The normalized spacial score (nSPS) is 17.6. The second-order valence-corrected chi connectivity index (χ2v) is 8.36. The third kappa shape index (κ3) is 2.76. The summed E-state index contributed by atoms with van der Waals surface area (Å²) >= 11 is 0. The number of aryl methyl sites for hydroxylation is 2. The van der Waals surface area contributed by atoms with Gasteiger partial charge in [-0.1, -0.05) is 55.7 Å². The molecule has 1 aromatic heterocycles. The quantitative estimate of drug-likeness (QED) is 0.578. The molecule has 0 atom stereocenters. The Bertz CT molecular complexity index is 1030. The van der Waals surface area contributed by atoms with Gasteiger partial charge in [0.2, 0.25) is 0 Å². The maximum Gasteiger partial charge on any atom is 0.336 e. The molecular weight excluding hydrogens is 346 g/mol. The van der Waals surface area contributed by atoms with Crippen LogP contribution in [-0.4, -0.2) is 15.6 Å². The van der Waals surface area contributed by atoms with Crippen LogP contribution in [0.25, 0.3) is 22.2 Å². The van der Waals surface area contributed by atoms with Gasteiger partial charge < -0.3 is 9.67 Å². The molecule has 144 valence electrons. The summed E-state index contributed by atoms with van der Waals surface area (Å²) in [6, 6.07) is 14.7. The van der Waals surface area contributed by atoms with Gasteiger partial charge in [0.05, 0.1) is 16.8 Å². The van der Waals surface area contributed by atoms with Crippen LogP contribution >= 0.6 is 0 Å². The van der Waals surface area contributed by atoms with Crippen LogP contribution in [0.15, 0.2) is 42.5 Å². The fraction of sp³-hybridized carbons (Fsp3) is 0.400. The largest absolute Gasteiger partial charge is 0.478 e. The molecule has 28 heavy (non-hydrogen) atoms. The number of carboxylic acids is 1. The number of hydrogen-bond acceptors (Lipinski definition) is 1. The smallest absolute Gasteiger partial charge is 0.336 e. The zero-order valence-corrected chi connectivity index (χ0v) is 16.3. The van der Waals surface area contributed by atoms with Gasteiger partial charge in [0.1, 0.15) is 0 Å². The van der Waals surface area contributed by atoms with Gasteiger partial charge in [0.15, 0.2) is 0 Å². The minimum atomic E-state index is -0.799. The summed E-state index contributed by atoms with van der Waals surface area (Å²) in [6.07, 6.45) is 9.43. The summed E-state index contributed by atoms with van der Waals surface area (Å²) < 4.78 is 2.46. The van der Waals surface area contributed by atoms with Crippen molar-refractivity contribution in [1.82, 2.24) is 4.57 Å². The van der Waals surface area contributed by atoms with E-state index in [-0.39, 0.29) is 0 Å². The zero-order valence-electron chi connectivity index (χ0n) is 16.3. The number of benzene rings is 2. The summed E-state index contributed by atoms with van der Waals surface area (Å²) in [5.41, 5.74) is 6.81.